The Morgan fingerprint density at radius 2 is 1.31 bits per heavy atom. The Morgan fingerprint density at radius 1 is 0.812 bits per heavy atom. The maximum Gasteiger partial charge on any atom is 0.337 e. The lowest BCUT2D eigenvalue weighted by Crippen LogP contribution is -2.42. The minimum atomic E-state index is -1.83. The Balaban J connectivity index is 0. The summed E-state index contributed by atoms with van der Waals surface area (Å²) in [6.07, 6.45) is 4.67. The van der Waals surface area contributed by atoms with Crippen LogP contribution in [0.2, 0.25) is 12.1 Å². The molecule has 0 aromatic rings. The fraction of sp³-hybridized carbons (Fsp3) is 1.00. The minimum absolute atomic E-state index is 0. The van der Waals surface area contributed by atoms with Crippen molar-refractivity contribution in [1.29, 1.82) is 0 Å². The van der Waals surface area contributed by atoms with Gasteiger partial charge in [-0.05, 0) is 35.9 Å². The van der Waals surface area contributed by atoms with E-state index in [4.69, 9.17) is 8.85 Å². The van der Waals surface area contributed by atoms with Crippen LogP contribution in [0, 0.1) is 0 Å². The largest absolute Gasteiger partial charge is 0.394 e. The minimum Gasteiger partial charge on any atom is -0.394 e. The van der Waals surface area contributed by atoms with Crippen molar-refractivity contribution in [3.63, 3.8) is 0 Å². The molecule has 0 amide bonds. The van der Waals surface area contributed by atoms with Crippen LogP contribution in [-0.4, -0.2) is 32.7 Å². The molecule has 0 atom stereocenters. The van der Waals surface area contributed by atoms with Crippen molar-refractivity contribution in [2.24, 2.45) is 0 Å². The molecule has 0 bridgehead atoms. The summed E-state index contributed by atoms with van der Waals surface area (Å²) in [5.41, 5.74) is 0. The molecule has 0 radical (unpaired) electrons. The van der Waals surface area contributed by atoms with Crippen molar-refractivity contribution in [3.05, 3.63) is 0 Å². The average Bonchev–Trinajstić information content (AvgIpc) is 2.29. The summed E-state index contributed by atoms with van der Waals surface area (Å²) in [5, 5.41) is 0. The van der Waals surface area contributed by atoms with Crippen molar-refractivity contribution in [2.75, 3.05) is 13.2 Å². The second-order valence-corrected chi connectivity index (χ2v) is 7.67. The van der Waals surface area contributed by atoms with Gasteiger partial charge in [0.15, 0.2) is 0 Å². The van der Waals surface area contributed by atoms with E-state index >= 15 is 0 Å². The molecule has 4 heteroatoms. The first kappa shape index (κ1) is 18.7. The van der Waals surface area contributed by atoms with Crippen LogP contribution in [0.1, 0.15) is 53.4 Å². The van der Waals surface area contributed by atoms with Crippen LogP contribution in [0.15, 0.2) is 0 Å². The molecule has 0 saturated heterocycles. The van der Waals surface area contributed by atoms with Crippen molar-refractivity contribution >= 4 is 19.5 Å². The third kappa shape index (κ3) is 7.60. The first-order valence-electron chi connectivity index (χ1n) is 6.52. The van der Waals surface area contributed by atoms with Gasteiger partial charge in [0.2, 0.25) is 0 Å². The normalized spacial score (nSPS) is 11.2. The Morgan fingerprint density at radius 3 is 1.62 bits per heavy atom. The molecule has 100 valence electrons. The monoisotopic (exact) mass is 264 g/mol. The molecule has 0 aliphatic heterocycles. The predicted molar refractivity (Wildman–Crippen MR) is 79.8 cm³/mol. The van der Waals surface area contributed by atoms with E-state index in [9.17, 15) is 0 Å². The zero-order valence-corrected chi connectivity index (χ0v) is 12.0. The summed E-state index contributed by atoms with van der Waals surface area (Å²) in [6.45, 7) is 10.5. The van der Waals surface area contributed by atoms with Crippen LogP contribution >= 0.6 is 0 Å². The molecule has 0 aliphatic rings. The zero-order chi connectivity index (χ0) is 11.6. The van der Waals surface area contributed by atoms with E-state index < -0.39 is 8.56 Å². The fourth-order valence-corrected chi connectivity index (χ4v) is 4.77. The standard InChI is InChI=1S/C12H28O2Si.H4Si/c1-5-9-12-15(8-4,13-10-6-2)14-11-7-3;/h5-12H2,1-4H3;1H4. The summed E-state index contributed by atoms with van der Waals surface area (Å²) in [4.78, 5) is 0. The van der Waals surface area contributed by atoms with Gasteiger partial charge in [0.05, 0.1) is 0 Å². The van der Waals surface area contributed by atoms with Gasteiger partial charge < -0.3 is 8.85 Å². The van der Waals surface area contributed by atoms with Crippen molar-refractivity contribution in [1.82, 2.24) is 0 Å². The second-order valence-electron chi connectivity index (χ2n) is 4.06. The number of rotatable bonds is 10. The van der Waals surface area contributed by atoms with Crippen LogP contribution in [0.5, 0.6) is 0 Å². The van der Waals surface area contributed by atoms with E-state index in [0.29, 0.717) is 0 Å². The van der Waals surface area contributed by atoms with Crippen molar-refractivity contribution in [3.8, 4) is 0 Å². The second kappa shape index (κ2) is 11.8. The highest BCUT2D eigenvalue weighted by molar-refractivity contribution is 6.67. The Labute approximate surface area is 107 Å². The summed E-state index contributed by atoms with van der Waals surface area (Å²) in [6, 6.07) is 2.26. The van der Waals surface area contributed by atoms with Crippen LogP contribution in [0.3, 0.4) is 0 Å². The van der Waals surface area contributed by atoms with Crippen molar-refractivity contribution in [2.45, 2.75) is 65.5 Å². The quantitative estimate of drug-likeness (QED) is 0.565. The van der Waals surface area contributed by atoms with E-state index in [2.05, 4.69) is 27.7 Å². The summed E-state index contributed by atoms with van der Waals surface area (Å²) < 4.78 is 12.1. The molecule has 0 aromatic carbocycles. The highest BCUT2D eigenvalue weighted by Gasteiger charge is 2.34. The maximum absolute atomic E-state index is 6.05. The van der Waals surface area contributed by atoms with Crippen LogP contribution in [0.25, 0.3) is 0 Å². The van der Waals surface area contributed by atoms with Gasteiger partial charge in [0.1, 0.15) is 0 Å². The average molecular weight is 265 g/mol. The SMILES string of the molecule is CCCC[Si](CC)(OCCC)OCCC.[SiH4]. The molecule has 0 N–H and O–H groups in total. The molecule has 0 rings (SSSR count). The molecule has 2 nitrogen and oxygen atoms in total. The van der Waals surface area contributed by atoms with Gasteiger partial charge in [-0.1, -0.05) is 40.5 Å². The van der Waals surface area contributed by atoms with E-state index in [0.717, 1.165) is 32.1 Å². The van der Waals surface area contributed by atoms with Gasteiger partial charge in [0.25, 0.3) is 0 Å². The van der Waals surface area contributed by atoms with Gasteiger partial charge in [-0.3, -0.25) is 0 Å². The van der Waals surface area contributed by atoms with Crippen LogP contribution in [0.4, 0.5) is 0 Å². The Bertz CT molecular complexity index is 121. The first-order chi connectivity index (χ1) is 7.24. The third-order valence-electron chi connectivity index (χ3n) is 2.59. The van der Waals surface area contributed by atoms with Crippen molar-refractivity contribution < 1.29 is 8.85 Å². The lowest BCUT2D eigenvalue weighted by molar-refractivity contribution is 0.167. The Kier molecular flexibility index (Phi) is 13.8. The zero-order valence-electron chi connectivity index (χ0n) is 11.0. The lowest BCUT2D eigenvalue weighted by Gasteiger charge is -2.29. The third-order valence-corrected chi connectivity index (χ3v) is 6.24. The molecule has 0 unspecified atom stereocenters. The summed E-state index contributed by atoms with van der Waals surface area (Å²) >= 11 is 0. The van der Waals surface area contributed by atoms with E-state index in [1.54, 1.807) is 0 Å². The van der Waals surface area contributed by atoms with Crippen LogP contribution in [-0.2, 0) is 8.85 Å². The summed E-state index contributed by atoms with van der Waals surface area (Å²) in [5.74, 6) is 0. The molecule has 16 heavy (non-hydrogen) atoms. The molecule has 0 fully saturated rings. The highest BCUT2D eigenvalue weighted by atomic mass is 28.4. The lowest BCUT2D eigenvalue weighted by atomic mass is 10.4. The maximum atomic E-state index is 6.05. The smallest absolute Gasteiger partial charge is 0.337 e. The molecule has 0 spiro atoms. The molecular weight excluding hydrogens is 232 g/mol. The van der Waals surface area contributed by atoms with E-state index in [1.165, 1.54) is 18.9 Å². The topological polar surface area (TPSA) is 18.5 Å². The van der Waals surface area contributed by atoms with Gasteiger partial charge in [0, 0.05) is 13.2 Å². The van der Waals surface area contributed by atoms with E-state index in [1.807, 2.05) is 0 Å². The number of hydrogen-bond acceptors (Lipinski definition) is 2. The molecular formula is C12H32O2Si2. The molecule has 0 saturated carbocycles. The molecule has 0 aliphatic carbocycles. The molecule has 0 heterocycles. The first-order valence-corrected chi connectivity index (χ1v) is 8.75. The Hall–Kier alpha value is 0.354. The summed E-state index contributed by atoms with van der Waals surface area (Å²) in [7, 11) is -1.83. The van der Waals surface area contributed by atoms with Crippen LogP contribution < -0.4 is 0 Å². The fourth-order valence-electron chi connectivity index (χ4n) is 1.59. The number of hydrogen-bond donors (Lipinski definition) is 0. The van der Waals surface area contributed by atoms with E-state index in [-0.39, 0.29) is 11.0 Å². The number of unbranched alkanes of at least 4 members (excludes halogenated alkanes) is 1. The van der Waals surface area contributed by atoms with Gasteiger partial charge >= 0.3 is 8.56 Å². The highest BCUT2D eigenvalue weighted by Crippen LogP contribution is 2.22. The predicted octanol–water partition coefficient (Wildman–Crippen LogP) is 2.65. The van der Waals surface area contributed by atoms with Gasteiger partial charge in [-0.15, -0.1) is 0 Å². The van der Waals surface area contributed by atoms with Gasteiger partial charge in [-0.25, -0.2) is 0 Å². The van der Waals surface area contributed by atoms with Gasteiger partial charge in [-0.2, -0.15) is 0 Å². The molecule has 0 aromatic heterocycles.